The fourth-order valence-electron chi connectivity index (χ4n) is 2.53. The summed E-state index contributed by atoms with van der Waals surface area (Å²) < 4.78 is 5.23. The van der Waals surface area contributed by atoms with Crippen LogP contribution in [0.4, 0.5) is 4.79 Å². The predicted octanol–water partition coefficient (Wildman–Crippen LogP) is 2.17. The summed E-state index contributed by atoms with van der Waals surface area (Å²) in [6.07, 6.45) is 0.666. The molecule has 1 heterocycles. The van der Waals surface area contributed by atoms with Gasteiger partial charge in [-0.3, -0.25) is 0 Å². The molecule has 0 radical (unpaired) electrons. The minimum Gasteiger partial charge on any atom is -0.445 e. The highest BCUT2D eigenvalue weighted by molar-refractivity contribution is 5.69. The van der Waals surface area contributed by atoms with Crippen molar-refractivity contribution in [3.63, 3.8) is 0 Å². The van der Waals surface area contributed by atoms with Gasteiger partial charge in [-0.1, -0.05) is 30.3 Å². The summed E-state index contributed by atoms with van der Waals surface area (Å²) in [6.45, 7) is 1.67. The van der Waals surface area contributed by atoms with Crippen LogP contribution in [-0.4, -0.2) is 24.1 Å². The van der Waals surface area contributed by atoms with E-state index in [1.807, 2.05) is 30.3 Å². The van der Waals surface area contributed by atoms with Crippen molar-refractivity contribution in [2.45, 2.75) is 13.0 Å². The molecule has 2 fully saturated rings. The zero-order chi connectivity index (χ0) is 12.6. The Kier molecular flexibility index (Phi) is 2.48. The standard InChI is InChI=1S/C14H14N2O2/c15-7-12-6-14(12)9-16(10-14)13(17)18-8-11-4-2-1-3-5-11/h1-5,12H,6,8-10H2. The Morgan fingerprint density at radius 2 is 2.17 bits per heavy atom. The number of ether oxygens (including phenoxy) is 1. The number of hydrogen-bond acceptors (Lipinski definition) is 3. The lowest BCUT2D eigenvalue weighted by molar-refractivity contribution is 0.0376. The molecule has 0 aromatic heterocycles. The maximum Gasteiger partial charge on any atom is 0.410 e. The number of carbonyl (C=O) groups excluding carboxylic acids is 1. The van der Waals surface area contributed by atoms with Gasteiger partial charge in [0.1, 0.15) is 6.61 Å². The van der Waals surface area contributed by atoms with E-state index in [1.54, 1.807) is 4.90 Å². The Hall–Kier alpha value is -2.02. The molecule has 1 spiro atoms. The smallest absolute Gasteiger partial charge is 0.410 e. The minimum atomic E-state index is -0.270. The maximum absolute atomic E-state index is 11.7. The number of amides is 1. The first-order valence-electron chi connectivity index (χ1n) is 6.09. The quantitative estimate of drug-likeness (QED) is 0.798. The predicted molar refractivity (Wildman–Crippen MR) is 64.4 cm³/mol. The number of carbonyl (C=O) groups is 1. The van der Waals surface area contributed by atoms with Crippen LogP contribution in [0.15, 0.2) is 30.3 Å². The summed E-state index contributed by atoms with van der Waals surface area (Å²) in [4.78, 5) is 13.4. The second-order valence-corrected chi connectivity index (χ2v) is 5.14. The van der Waals surface area contributed by atoms with Crippen LogP contribution < -0.4 is 0 Å². The van der Waals surface area contributed by atoms with Gasteiger partial charge in [-0.05, 0) is 12.0 Å². The Labute approximate surface area is 106 Å². The highest BCUT2D eigenvalue weighted by Crippen LogP contribution is 2.58. The summed E-state index contributed by atoms with van der Waals surface area (Å²) in [6, 6.07) is 11.9. The monoisotopic (exact) mass is 242 g/mol. The van der Waals surface area contributed by atoms with E-state index in [-0.39, 0.29) is 17.4 Å². The van der Waals surface area contributed by atoms with Crippen molar-refractivity contribution in [2.24, 2.45) is 11.3 Å². The van der Waals surface area contributed by atoms with Crippen molar-refractivity contribution in [1.29, 1.82) is 5.26 Å². The number of benzene rings is 1. The molecule has 1 aliphatic heterocycles. The molecule has 92 valence electrons. The van der Waals surface area contributed by atoms with E-state index in [0.717, 1.165) is 12.0 Å². The molecular formula is C14H14N2O2. The largest absolute Gasteiger partial charge is 0.445 e. The molecule has 0 bridgehead atoms. The molecule has 18 heavy (non-hydrogen) atoms. The number of hydrogen-bond donors (Lipinski definition) is 0. The fourth-order valence-corrected chi connectivity index (χ4v) is 2.53. The summed E-state index contributed by atoms with van der Waals surface area (Å²) in [7, 11) is 0. The Bertz CT molecular complexity index is 500. The van der Waals surface area contributed by atoms with Gasteiger partial charge >= 0.3 is 6.09 Å². The number of likely N-dealkylation sites (tertiary alicyclic amines) is 1. The molecule has 2 aliphatic rings. The summed E-state index contributed by atoms with van der Waals surface area (Å²) in [5.41, 5.74) is 1.10. The molecule has 4 heteroatoms. The highest BCUT2D eigenvalue weighted by atomic mass is 16.6. The van der Waals surface area contributed by atoms with Crippen molar-refractivity contribution in [3.05, 3.63) is 35.9 Å². The number of nitriles is 1. The van der Waals surface area contributed by atoms with Crippen LogP contribution in [0, 0.1) is 22.7 Å². The van der Waals surface area contributed by atoms with E-state index in [1.165, 1.54) is 0 Å². The Morgan fingerprint density at radius 1 is 1.44 bits per heavy atom. The third-order valence-corrected chi connectivity index (χ3v) is 3.82. The first kappa shape index (κ1) is 11.1. The average Bonchev–Trinajstić information content (AvgIpc) is 3.10. The SMILES string of the molecule is N#CC1CC12CN(C(=O)OCc1ccccc1)C2. The molecule has 1 aliphatic carbocycles. The molecule has 1 atom stereocenters. The molecule has 1 saturated carbocycles. The van der Waals surface area contributed by atoms with Crippen molar-refractivity contribution in [2.75, 3.05) is 13.1 Å². The lowest BCUT2D eigenvalue weighted by Gasteiger charge is -2.39. The van der Waals surface area contributed by atoms with Gasteiger partial charge in [0.15, 0.2) is 0 Å². The van der Waals surface area contributed by atoms with Crippen LogP contribution in [-0.2, 0) is 11.3 Å². The van der Waals surface area contributed by atoms with Gasteiger partial charge in [-0.25, -0.2) is 4.79 Å². The van der Waals surface area contributed by atoms with E-state index >= 15 is 0 Å². The van der Waals surface area contributed by atoms with Crippen molar-refractivity contribution < 1.29 is 9.53 Å². The van der Waals surface area contributed by atoms with Gasteiger partial charge in [-0.15, -0.1) is 0 Å². The molecule has 4 nitrogen and oxygen atoms in total. The van der Waals surface area contributed by atoms with Gasteiger partial charge in [0.25, 0.3) is 0 Å². The molecule has 1 amide bonds. The Morgan fingerprint density at radius 3 is 2.78 bits per heavy atom. The number of nitrogens with zero attached hydrogens (tertiary/aromatic N) is 2. The van der Waals surface area contributed by atoms with Crippen molar-refractivity contribution in [1.82, 2.24) is 4.90 Å². The van der Waals surface area contributed by atoms with E-state index in [4.69, 9.17) is 10.00 Å². The topological polar surface area (TPSA) is 53.3 Å². The van der Waals surface area contributed by atoms with Crippen molar-refractivity contribution in [3.8, 4) is 6.07 Å². The molecule has 3 rings (SSSR count). The van der Waals surface area contributed by atoms with Gasteiger partial charge in [0, 0.05) is 18.5 Å². The van der Waals surface area contributed by atoms with E-state index in [9.17, 15) is 4.79 Å². The average molecular weight is 242 g/mol. The van der Waals surface area contributed by atoms with Crippen molar-refractivity contribution >= 4 is 6.09 Å². The highest BCUT2D eigenvalue weighted by Gasteiger charge is 2.63. The van der Waals surface area contributed by atoms with Crippen LogP contribution in [0.3, 0.4) is 0 Å². The number of rotatable bonds is 2. The van der Waals surface area contributed by atoms with Crippen LogP contribution in [0.1, 0.15) is 12.0 Å². The Balaban J connectivity index is 1.46. The van der Waals surface area contributed by atoms with Crippen LogP contribution >= 0.6 is 0 Å². The third-order valence-electron chi connectivity index (χ3n) is 3.82. The minimum absolute atomic E-state index is 0.112. The van der Waals surface area contributed by atoms with E-state index in [0.29, 0.717) is 19.7 Å². The lowest BCUT2D eigenvalue weighted by Crippen LogP contribution is -2.52. The van der Waals surface area contributed by atoms with Crippen LogP contribution in [0.25, 0.3) is 0 Å². The molecule has 1 aromatic rings. The second-order valence-electron chi connectivity index (χ2n) is 5.14. The summed E-state index contributed by atoms with van der Waals surface area (Å²) >= 11 is 0. The first-order valence-corrected chi connectivity index (χ1v) is 6.09. The van der Waals surface area contributed by atoms with E-state index in [2.05, 4.69) is 6.07 Å². The van der Waals surface area contributed by atoms with Gasteiger partial charge in [0.2, 0.25) is 0 Å². The fraction of sp³-hybridized carbons (Fsp3) is 0.429. The lowest BCUT2D eigenvalue weighted by atomic mass is 9.95. The molecule has 1 aromatic carbocycles. The first-order chi connectivity index (χ1) is 8.73. The zero-order valence-electron chi connectivity index (χ0n) is 10.0. The normalized spacial score (nSPS) is 23.1. The van der Waals surface area contributed by atoms with Crippen LogP contribution in [0.5, 0.6) is 0 Å². The zero-order valence-corrected chi connectivity index (χ0v) is 10.0. The molecule has 1 saturated heterocycles. The molecular weight excluding hydrogens is 228 g/mol. The van der Waals surface area contributed by atoms with Crippen LogP contribution in [0.2, 0.25) is 0 Å². The summed E-state index contributed by atoms with van der Waals surface area (Å²) in [5.74, 6) is 0.149. The van der Waals surface area contributed by atoms with Gasteiger partial charge in [0.05, 0.1) is 12.0 Å². The summed E-state index contributed by atoms with van der Waals surface area (Å²) in [5, 5.41) is 8.80. The van der Waals surface area contributed by atoms with Gasteiger partial charge < -0.3 is 9.64 Å². The van der Waals surface area contributed by atoms with Gasteiger partial charge in [-0.2, -0.15) is 5.26 Å². The van der Waals surface area contributed by atoms with E-state index < -0.39 is 0 Å². The second kappa shape index (κ2) is 4.02. The maximum atomic E-state index is 11.7. The molecule has 0 N–H and O–H groups in total. The third kappa shape index (κ3) is 1.82. The molecule has 1 unspecified atom stereocenters.